The fraction of sp³-hybridized carbons (Fsp3) is 0.214. The minimum Gasteiger partial charge on any atom is -0.454 e. The van der Waals surface area contributed by atoms with Gasteiger partial charge in [0.1, 0.15) is 12.4 Å². The number of carbonyl (C=O) groups is 1. The van der Waals surface area contributed by atoms with Gasteiger partial charge in [0.15, 0.2) is 0 Å². The molecule has 0 aliphatic heterocycles. The molecule has 6 nitrogen and oxygen atoms in total. The van der Waals surface area contributed by atoms with Crippen LogP contribution in [0.4, 0.5) is 0 Å². The number of nitrogens with zero attached hydrogens (tertiary/aromatic N) is 1. The van der Waals surface area contributed by atoms with Gasteiger partial charge in [-0.2, -0.15) is 0 Å². The van der Waals surface area contributed by atoms with Gasteiger partial charge in [0.2, 0.25) is 5.09 Å². The summed E-state index contributed by atoms with van der Waals surface area (Å²) in [5, 5.41) is 0.0972. The van der Waals surface area contributed by atoms with Crippen LogP contribution in [0.25, 0.3) is 0 Å². The Hall–Kier alpha value is -1.54. The van der Waals surface area contributed by atoms with Crippen LogP contribution in [0.5, 0.6) is 0 Å². The molecule has 0 bridgehead atoms. The molecule has 0 saturated carbocycles. The highest BCUT2D eigenvalue weighted by atomic mass is 35.5. The second kappa shape index (κ2) is 6.92. The fourth-order valence-corrected chi connectivity index (χ4v) is 3.02. The molecule has 1 aromatic heterocycles. The minimum atomic E-state index is -3.68. The first kappa shape index (κ1) is 17.8. The summed E-state index contributed by atoms with van der Waals surface area (Å²) >= 11 is 11.8. The number of rotatable bonds is 5. The Morgan fingerprint density at radius 3 is 2.35 bits per heavy atom. The summed E-state index contributed by atoms with van der Waals surface area (Å²) in [6.45, 7) is -0.247. The van der Waals surface area contributed by atoms with E-state index in [1.807, 2.05) is 0 Å². The molecule has 2 rings (SSSR count). The fourth-order valence-electron chi connectivity index (χ4n) is 1.66. The minimum absolute atomic E-state index is 0.0449. The SMILES string of the molecule is CN(C)S(=O)(=O)c1ccc(COC(=O)c2c(Cl)cccc2Cl)o1. The van der Waals surface area contributed by atoms with Crippen molar-refractivity contribution in [2.24, 2.45) is 0 Å². The molecule has 0 spiro atoms. The van der Waals surface area contributed by atoms with Gasteiger partial charge < -0.3 is 9.15 Å². The molecule has 0 atom stereocenters. The van der Waals surface area contributed by atoms with Gasteiger partial charge >= 0.3 is 5.97 Å². The Bertz CT molecular complexity index is 809. The third-order valence-corrected chi connectivity index (χ3v) is 5.20. The van der Waals surface area contributed by atoms with Gasteiger partial charge in [-0.1, -0.05) is 29.3 Å². The number of halogens is 2. The molecule has 0 unspecified atom stereocenters. The van der Waals surface area contributed by atoms with E-state index in [1.165, 1.54) is 38.4 Å². The Kier molecular flexibility index (Phi) is 5.36. The van der Waals surface area contributed by atoms with Crippen molar-refractivity contribution in [2.75, 3.05) is 14.1 Å². The van der Waals surface area contributed by atoms with Gasteiger partial charge in [-0.3, -0.25) is 0 Å². The van der Waals surface area contributed by atoms with E-state index >= 15 is 0 Å². The number of hydrogen-bond acceptors (Lipinski definition) is 5. The molecule has 124 valence electrons. The van der Waals surface area contributed by atoms with Crippen LogP contribution in [0.1, 0.15) is 16.1 Å². The molecule has 0 radical (unpaired) electrons. The van der Waals surface area contributed by atoms with Crippen LogP contribution in [0.15, 0.2) is 39.8 Å². The summed E-state index contributed by atoms with van der Waals surface area (Å²) < 4.78 is 35.0. The highest BCUT2D eigenvalue weighted by Crippen LogP contribution is 2.25. The van der Waals surface area contributed by atoms with Crippen LogP contribution in [-0.2, 0) is 21.4 Å². The first-order chi connectivity index (χ1) is 10.7. The van der Waals surface area contributed by atoms with Crippen LogP contribution < -0.4 is 0 Å². The Morgan fingerprint density at radius 2 is 1.78 bits per heavy atom. The Morgan fingerprint density at radius 1 is 1.17 bits per heavy atom. The van der Waals surface area contributed by atoms with Crippen molar-refractivity contribution in [3.8, 4) is 0 Å². The predicted octanol–water partition coefficient (Wildman–Crippen LogP) is 3.19. The van der Waals surface area contributed by atoms with E-state index in [4.69, 9.17) is 32.4 Å². The largest absolute Gasteiger partial charge is 0.454 e. The molecule has 0 amide bonds. The lowest BCUT2D eigenvalue weighted by molar-refractivity contribution is 0.0441. The molecule has 9 heteroatoms. The molecule has 0 aliphatic rings. The van der Waals surface area contributed by atoms with Crippen LogP contribution in [0.2, 0.25) is 10.0 Å². The highest BCUT2D eigenvalue weighted by Gasteiger charge is 2.22. The second-order valence-electron chi connectivity index (χ2n) is 4.68. The molecule has 0 N–H and O–H groups in total. The first-order valence-electron chi connectivity index (χ1n) is 6.36. The lowest BCUT2D eigenvalue weighted by atomic mass is 10.2. The molecule has 0 saturated heterocycles. The van der Waals surface area contributed by atoms with Crippen molar-refractivity contribution in [2.45, 2.75) is 11.7 Å². The van der Waals surface area contributed by atoms with Crippen LogP contribution >= 0.6 is 23.2 Å². The smallest absolute Gasteiger partial charge is 0.341 e. The number of esters is 1. The molecule has 1 aromatic carbocycles. The van der Waals surface area contributed by atoms with E-state index in [0.717, 1.165) is 4.31 Å². The third kappa shape index (κ3) is 3.87. The van der Waals surface area contributed by atoms with Crippen molar-refractivity contribution >= 4 is 39.2 Å². The van der Waals surface area contributed by atoms with Crippen molar-refractivity contribution in [1.82, 2.24) is 4.31 Å². The zero-order chi connectivity index (χ0) is 17.2. The van der Waals surface area contributed by atoms with E-state index in [9.17, 15) is 13.2 Å². The molecule has 0 aliphatic carbocycles. The van der Waals surface area contributed by atoms with Crippen LogP contribution in [0, 0.1) is 0 Å². The third-order valence-electron chi connectivity index (χ3n) is 2.88. The summed E-state index contributed by atoms with van der Waals surface area (Å²) in [4.78, 5) is 12.0. The average molecular weight is 378 g/mol. The lowest BCUT2D eigenvalue weighted by Crippen LogP contribution is -2.21. The molecule has 2 aromatic rings. The highest BCUT2D eigenvalue weighted by molar-refractivity contribution is 7.88. The maximum absolute atomic E-state index is 12.0. The summed E-state index contributed by atoms with van der Waals surface area (Å²) in [5.41, 5.74) is 0.0449. The number of sulfonamides is 1. The van der Waals surface area contributed by atoms with E-state index < -0.39 is 16.0 Å². The number of ether oxygens (including phenoxy) is 1. The van der Waals surface area contributed by atoms with Crippen molar-refractivity contribution in [3.05, 3.63) is 51.7 Å². The predicted molar refractivity (Wildman–Crippen MR) is 85.2 cm³/mol. The first-order valence-corrected chi connectivity index (χ1v) is 8.55. The van der Waals surface area contributed by atoms with Gasteiger partial charge in [0, 0.05) is 14.1 Å². The molecule has 0 fully saturated rings. The number of hydrogen-bond donors (Lipinski definition) is 0. The van der Waals surface area contributed by atoms with Crippen molar-refractivity contribution < 1.29 is 22.4 Å². The Labute approximate surface area is 143 Å². The van der Waals surface area contributed by atoms with Gasteiger partial charge in [-0.25, -0.2) is 17.5 Å². The second-order valence-corrected chi connectivity index (χ2v) is 7.58. The summed E-state index contributed by atoms with van der Waals surface area (Å²) in [7, 11) is -0.905. The van der Waals surface area contributed by atoms with Crippen molar-refractivity contribution in [3.63, 3.8) is 0 Å². The molecule has 23 heavy (non-hydrogen) atoms. The topological polar surface area (TPSA) is 76.8 Å². The summed E-state index contributed by atoms with van der Waals surface area (Å²) in [5.74, 6) is -0.545. The van der Waals surface area contributed by atoms with Gasteiger partial charge in [-0.15, -0.1) is 0 Å². The van der Waals surface area contributed by atoms with Crippen LogP contribution in [-0.4, -0.2) is 32.8 Å². The lowest BCUT2D eigenvalue weighted by Gasteiger charge is -2.08. The number of furan rings is 1. The number of carbonyl (C=O) groups excluding carboxylic acids is 1. The summed E-state index contributed by atoms with van der Waals surface area (Å²) in [6, 6.07) is 7.34. The van der Waals surface area contributed by atoms with E-state index in [0.29, 0.717) is 0 Å². The Balaban J connectivity index is 2.11. The van der Waals surface area contributed by atoms with E-state index in [2.05, 4.69) is 0 Å². The van der Waals surface area contributed by atoms with Gasteiger partial charge in [0.05, 0.1) is 15.6 Å². The van der Waals surface area contributed by atoms with Crippen LogP contribution in [0.3, 0.4) is 0 Å². The zero-order valence-corrected chi connectivity index (χ0v) is 14.6. The standard InChI is InChI=1S/C14H13Cl2NO5S/c1-17(2)23(19,20)12-7-6-9(22-12)8-21-14(18)13-10(15)4-3-5-11(13)16/h3-7H,8H2,1-2H3. The zero-order valence-electron chi connectivity index (χ0n) is 12.2. The molecular weight excluding hydrogens is 365 g/mol. The molecular formula is C14H13Cl2NO5S. The average Bonchev–Trinajstić information content (AvgIpc) is 2.94. The summed E-state index contributed by atoms with van der Waals surface area (Å²) in [6.07, 6.45) is 0. The monoisotopic (exact) mass is 377 g/mol. The number of benzene rings is 1. The van der Waals surface area contributed by atoms with E-state index in [1.54, 1.807) is 6.07 Å². The van der Waals surface area contributed by atoms with Crippen molar-refractivity contribution in [1.29, 1.82) is 0 Å². The normalized spacial score (nSPS) is 11.7. The van der Waals surface area contributed by atoms with Gasteiger partial charge in [0.25, 0.3) is 10.0 Å². The van der Waals surface area contributed by atoms with Gasteiger partial charge in [-0.05, 0) is 24.3 Å². The maximum atomic E-state index is 12.0. The quantitative estimate of drug-likeness (QED) is 0.747. The van der Waals surface area contributed by atoms with E-state index in [-0.39, 0.29) is 33.1 Å². The maximum Gasteiger partial charge on any atom is 0.341 e. The molecule has 1 heterocycles.